The third-order valence-corrected chi connectivity index (χ3v) is 13.3. The van der Waals surface area contributed by atoms with Crippen LogP contribution in [0.15, 0.2) is 66.7 Å². The van der Waals surface area contributed by atoms with Crippen LogP contribution in [0.1, 0.15) is 230 Å². The van der Waals surface area contributed by atoms with Crippen LogP contribution in [-0.4, -0.2) is 39.6 Å². The van der Waals surface area contributed by atoms with Crippen molar-refractivity contribution in [2.75, 3.05) is 39.6 Å². The average molecular weight is 1030 g/mol. The van der Waals surface area contributed by atoms with Crippen molar-refractivity contribution in [3.8, 4) is 46.0 Å². The lowest BCUT2D eigenvalue weighted by atomic mass is 10.1. The second-order valence-electron chi connectivity index (χ2n) is 20.2. The predicted octanol–water partition coefficient (Wildman–Crippen LogP) is 19.7. The van der Waals surface area contributed by atoms with Gasteiger partial charge in [-0.25, -0.2) is 0 Å². The van der Waals surface area contributed by atoms with Crippen LogP contribution >= 0.6 is 0 Å². The highest BCUT2D eigenvalue weighted by atomic mass is 16.5. The van der Waals surface area contributed by atoms with Gasteiger partial charge in [-0.05, 0) is 117 Å². The van der Waals surface area contributed by atoms with E-state index in [1.54, 1.807) is 0 Å². The van der Waals surface area contributed by atoms with Crippen molar-refractivity contribution in [2.45, 2.75) is 216 Å². The molecule has 4 aromatic rings. The van der Waals surface area contributed by atoms with Crippen molar-refractivity contribution >= 4 is 18.2 Å². The van der Waals surface area contributed by atoms with Crippen LogP contribution < -0.4 is 37.9 Å². The van der Waals surface area contributed by atoms with Crippen molar-refractivity contribution in [3.05, 3.63) is 100 Å². The maximum atomic E-state index is 6.84. The molecule has 0 N–H and O–H groups in total. The zero-order valence-electron chi connectivity index (χ0n) is 48.3. The minimum absolute atomic E-state index is 0.308. The van der Waals surface area contributed by atoms with Gasteiger partial charge < -0.3 is 37.9 Å². The Bertz CT molecular complexity index is 2140. The van der Waals surface area contributed by atoms with Crippen molar-refractivity contribution in [1.82, 2.24) is 0 Å². The smallest absolute Gasteiger partial charge is 0.203 e. The Kier molecular flexibility index (Phi) is 32.5. The second-order valence-corrected chi connectivity index (χ2v) is 20.2. The van der Waals surface area contributed by atoms with E-state index < -0.39 is 0 Å². The van der Waals surface area contributed by atoms with Gasteiger partial charge in [0, 0.05) is 5.56 Å². The molecular formula is C67H100O8. The van der Waals surface area contributed by atoms with E-state index in [2.05, 4.69) is 133 Å². The molecule has 0 spiro atoms. The summed E-state index contributed by atoms with van der Waals surface area (Å²) < 4.78 is 52.9. The summed E-state index contributed by atoms with van der Waals surface area (Å²) in [6.45, 7) is 21.9. The molecule has 8 heteroatoms. The Morgan fingerprint density at radius 3 is 1.03 bits per heavy atom. The molecule has 0 unspecified atom stereocenters. The highest BCUT2D eigenvalue weighted by Crippen LogP contribution is 2.42. The van der Waals surface area contributed by atoms with Gasteiger partial charge in [0.15, 0.2) is 23.0 Å². The normalized spacial score (nSPS) is 11.4. The number of aryl methyl sites for hydroxylation is 1. The summed E-state index contributed by atoms with van der Waals surface area (Å²) in [6, 6.07) is 21.1. The first-order valence-corrected chi connectivity index (χ1v) is 29.8. The lowest BCUT2D eigenvalue weighted by Crippen LogP contribution is -2.08. The van der Waals surface area contributed by atoms with Crippen LogP contribution in [0.2, 0.25) is 0 Å². The van der Waals surface area contributed by atoms with Gasteiger partial charge in [0.1, 0.15) is 24.7 Å². The topological polar surface area (TPSA) is 73.8 Å². The Hall–Kier alpha value is -5.24. The van der Waals surface area contributed by atoms with E-state index in [4.69, 9.17) is 37.9 Å². The molecule has 0 aliphatic heterocycles. The SMILES string of the molecule is C/C=C/c1ccc(/C=C/c2cc(OCc3cc(OCCCCCC)c(OCCCCCC)c(OCCCCCC)c3)c(C)cc2OCc2cc(OCCCCC)c(OCCCCCC)c(OCCCCCC)c2)cc1. The monoisotopic (exact) mass is 1030 g/mol. The molecule has 0 aromatic heterocycles. The minimum Gasteiger partial charge on any atom is -0.490 e. The van der Waals surface area contributed by atoms with E-state index in [1.807, 2.05) is 6.92 Å². The van der Waals surface area contributed by atoms with E-state index in [0.717, 1.165) is 146 Å². The summed E-state index contributed by atoms with van der Waals surface area (Å²) in [7, 11) is 0. The number of unbranched alkanes of at least 4 members (excludes halogenated alkanes) is 17. The molecule has 0 aliphatic rings. The molecule has 4 aromatic carbocycles. The van der Waals surface area contributed by atoms with Gasteiger partial charge in [-0.2, -0.15) is 0 Å². The molecule has 75 heavy (non-hydrogen) atoms. The summed E-state index contributed by atoms with van der Waals surface area (Å²) in [5.41, 5.74) is 6.04. The molecular weight excluding hydrogens is 933 g/mol. The van der Waals surface area contributed by atoms with Crippen LogP contribution in [0, 0.1) is 6.92 Å². The highest BCUT2D eigenvalue weighted by Gasteiger charge is 2.20. The van der Waals surface area contributed by atoms with Gasteiger partial charge in [0.25, 0.3) is 0 Å². The number of benzene rings is 4. The molecule has 8 nitrogen and oxygen atoms in total. The first-order valence-electron chi connectivity index (χ1n) is 29.8. The Balaban J connectivity index is 1.71. The van der Waals surface area contributed by atoms with Crippen LogP contribution in [0.5, 0.6) is 46.0 Å². The molecule has 4 rings (SSSR count). The molecule has 416 valence electrons. The van der Waals surface area contributed by atoms with Crippen molar-refractivity contribution < 1.29 is 37.9 Å². The summed E-state index contributed by atoms with van der Waals surface area (Å²) in [5, 5.41) is 0. The number of allylic oxidation sites excluding steroid dienone is 1. The zero-order valence-corrected chi connectivity index (χ0v) is 48.3. The van der Waals surface area contributed by atoms with Crippen molar-refractivity contribution in [1.29, 1.82) is 0 Å². The van der Waals surface area contributed by atoms with Gasteiger partial charge >= 0.3 is 0 Å². The van der Waals surface area contributed by atoms with Crippen molar-refractivity contribution in [3.63, 3.8) is 0 Å². The molecule has 0 bridgehead atoms. The van der Waals surface area contributed by atoms with Gasteiger partial charge in [0.05, 0.1) is 39.6 Å². The van der Waals surface area contributed by atoms with Crippen LogP contribution in [0.4, 0.5) is 0 Å². The molecule has 0 saturated heterocycles. The standard InChI is InChI=1S/C67H100O8/c1-9-16-22-28-41-69-63-47-57(48-64(70-42-29-23-17-10-2)67(63)73-45-32-26-20-13-5)52-74-60-51-59(39-38-56-36-34-55(33-15-7)35-37-56)61(46-54(60)8)75-53-58-49-62(68-40-27-21-14-6)66(72-44-31-25-19-12-4)65(50-58)71-43-30-24-18-11-3/h15,33-39,46-51H,9-14,16-32,40-45,52-53H2,1-8H3/b33-15+,39-38+. The molecule has 0 heterocycles. The summed E-state index contributed by atoms with van der Waals surface area (Å²) in [4.78, 5) is 0. The second kappa shape index (κ2) is 39.2. The molecule has 0 saturated carbocycles. The van der Waals surface area contributed by atoms with Gasteiger partial charge in [-0.15, -0.1) is 0 Å². The van der Waals surface area contributed by atoms with E-state index >= 15 is 0 Å². The summed E-state index contributed by atoms with van der Waals surface area (Å²) >= 11 is 0. The molecule has 0 aliphatic carbocycles. The molecule has 0 fully saturated rings. The third-order valence-electron chi connectivity index (χ3n) is 13.3. The van der Waals surface area contributed by atoms with E-state index in [9.17, 15) is 0 Å². The average Bonchev–Trinajstić information content (AvgIpc) is 3.41. The minimum atomic E-state index is 0.308. The zero-order chi connectivity index (χ0) is 53.6. The van der Waals surface area contributed by atoms with Crippen LogP contribution in [-0.2, 0) is 13.2 Å². The van der Waals surface area contributed by atoms with Gasteiger partial charge in [-0.3, -0.25) is 0 Å². The Labute approximate surface area is 456 Å². The summed E-state index contributed by atoms with van der Waals surface area (Å²) in [5.74, 6) is 5.81. The number of hydrogen-bond donors (Lipinski definition) is 0. The highest BCUT2D eigenvalue weighted by molar-refractivity contribution is 5.74. The predicted molar refractivity (Wildman–Crippen MR) is 316 cm³/mol. The van der Waals surface area contributed by atoms with Crippen LogP contribution in [0.3, 0.4) is 0 Å². The molecule has 0 atom stereocenters. The fourth-order valence-electron chi connectivity index (χ4n) is 8.72. The number of rotatable bonds is 44. The van der Waals surface area contributed by atoms with Crippen LogP contribution in [0.25, 0.3) is 18.2 Å². The largest absolute Gasteiger partial charge is 0.490 e. The summed E-state index contributed by atoms with van der Waals surface area (Å²) in [6.07, 6.45) is 34.1. The lowest BCUT2D eigenvalue weighted by molar-refractivity contribution is 0.232. The maximum Gasteiger partial charge on any atom is 0.203 e. The molecule has 0 radical (unpaired) electrons. The van der Waals surface area contributed by atoms with E-state index in [-0.39, 0.29) is 0 Å². The van der Waals surface area contributed by atoms with Gasteiger partial charge in [0.2, 0.25) is 11.5 Å². The Morgan fingerprint density at radius 1 is 0.320 bits per heavy atom. The fourth-order valence-corrected chi connectivity index (χ4v) is 8.72. The number of hydrogen-bond acceptors (Lipinski definition) is 8. The first-order chi connectivity index (χ1) is 36.9. The van der Waals surface area contributed by atoms with Gasteiger partial charge in [-0.1, -0.05) is 199 Å². The van der Waals surface area contributed by atoms with E-state index in [1.165, 1.54) is 64.2 Å². The van der Waals surface area contributed by atoms with Crippen molar-refractivity contribution in [2.24, 2.45) is 0 Å². The maximum absolute atomic E-state index is 6.84. The van der Waals surface area contributed by atoms with E-state index in [0.29, 0.717) is 70.1 Å². The third kappa shape index (κ3) is 24.5. The quantitative estimate of drug-likeness (QED) is 0.0320. The lowest BCUT2D eigenvalue weighted by Gasteiger charge is -2.20. The molecule has 0 amide bonds. The fraction of sp³-hybridized carbons (Fsp3) is 0.582. The number of ether oxygens (including phenoxy) is 8. The first kappa shape index (κ1) is 62.3. The Morgan fingerprint density at radius 2 is 0.653 bits per heavy atom.